The average Bonchev–Trinajstić information content (AvgIpc) is 2.78. The van der Waals surface area contributed by atoms with E-state index in [9.17, 15) is 4.79 Å². The molecule has 6 heteroatoms. The van der Waals surface area contributed by atoms with Crippen molar-refractivity contribution in [3.63, 3.8) is 0 Å². The molecule has 0 spiro atoms. The number of carbonyl (C=O) groups excluding carboxylic acids is 1. The topological polar surface area (TPSA) is 58.6 Å². The van der Waals surface area contributed by atoms with Gasteiger partial charge in [-0.1, -0.05) is 24.3 Å². The van der Waals surface area contributed by atoms with Gasteiger partial charge in [0.15, 0.2) is 6.10 Å². The SMILES string of the molecule is O=C(C1CN(c2ncnc3c2CCCC3)CCO1)N1CCc2ccccc2C1. The van der Waals surface area contributed by atoms with Crippen LogP contribution in [0.4, 0.5) is 5.82 Å². The van der Waals surface area contributed by atoms with Crippen LogP contribution in [0.25, 0.3) is 0 Å². The minimum absolute atomic E-state index is 0.0992. The van der Waals surface area contributed by atoms with E-state index in [0.717, 1.165) is 38.2 Å². The third-order valence-corrected chi connectivity index (χ3v) is 6.19. The Labute approximate surface area is 165 Å². The van der Waals surface area contributed by atoms with Crippen LogP contribution in [-0.2, 0) is 35.3 Å². The van der Waals surface area contributed by atoms with Gasteiger partial charge in [-0.3, -0.25) is 4.79 Å². The number of hydrogen-bond acceptors (Lipinski definition) is 5. The van der Waals surface area contributed by atoms with E-state index in [-0.39, 0.29) is 5.91 Å². The van der Waals surface area contributed by atoms with Gasteiger partial charge >= 0.3 is 0 Å². The first-order valence-electron chi connectivity index (χ1n) is 10.3. The Bertz CT molecular complexity index is 885. The van der Waals surface area contributed by atoms with Gasteiger partial charge < -0.3 is 14.5 Å². The highest BCUT2D eigenvalue weighted by Gasteiger charge is 2.33. The van der Waals surface area contributed by atoms with Crippen LogP contribution < -0.4 is 4.90 Å². The van der Waals surface area contributed by atoms with Gasteiger partial charge in [0.1, 0.15) is 12.1 Å². The maximum Gasteiger partial charge on any atom is 0.253 e. The standard InChI is InChI=1S/C22H26N4O2/c27-22(26-10-9-16-5-1-2-6-17(16)13-26)20-14-25(11-12-28-20)21-18-7-3-4-8-19(18)23-15-24-21/h1-2,5-6,15,20H,3-4,7-14H2. The predicted molar refractivity (Wildman–Crippen MR) is 106 cm³/mol. The van der Waals surface area contributed by atoms with Crippen LogP contribution in [-0.4, -0.2) is 53.1 Å². The average molecular weight is 378 g/mol. The number of rotatable bonds is 2. The molecule has 2 aromatic rings. The van der Waals surface area contributed by atoms with Gasteiger partial charge in [-0.15, -0.1) is 0 Å². The van der Waals surface area contributed by atoms with E-state index in [2.05, 4.69) is 33.1 Å². The molecule has 1 fully saturated rings. The van der Waals surface area contributed by atoms with Crippen LogP contribution in [0.5, 0.6) is 0 Å². The van der Waals surface area contributed by atoms with Crippen molar-refractivity contribution >= 4 is 11.7 Å². The van der Waals surface area contributed by atoms with Crippen LogP contribution in [0, 0.1) is 0 Å². The molecule has 1 unspecified atom stereocenters. The summed E-state index contributed by atoms with van der Waals surface area (Å²) in [6, 6.07) is 8.40. The summed E-state index contributed by atoms with van der Waals surface area (Å²) in [7, 11) is 0. The Morgan fingerprint density at radius 3 is 2.82 bits per heavy atom. The number of ether oxygens (including phenoxy) is 1. The summed E-state index contributed by atoms with van der Waals surface area (Å²) in [5.41, 5.74) is 5.05. The fourth-order valence-electron chi connectivity index (χ4n) is 4.65. The highest BCUT2D eigenvalue weighted by Crippen LogP contribution is 2.28. The molecule has 3 aliphatic rings. The molecule has 0 radical (unpaired) electrons. The van der Waals surface area contributed by atoms with Crippen LogP contribution >= 0.6 is 0 Å². The van der Waals surface area contributed by atoms with Crippen molar-refractivity contribution in [2.75, 3.05) is 31.1 Å². The molecule has 6 nitrogen and oxygen atoms in total. The zero-order valence-corrected chi connectivity index (χ0v) is 16.1. The summed E-state index contributed by atoms with van der Waals surface area (Å²) >= 11 is 0. The van der Waals surface area contributed by atoms with Gasteiger partial charge in [0.05, 0.1) is 13.2 Å². The zero-order chi connectivity index (χ0) is 18.9. The first kappa shape index (κ1) is 17.6. The van der Waals surface area contributed by atoms with Crippen LogP contribution in [0.3, 0.4) is 0 Å². The van der Waals surface area contributed by atoms with Crippen molar-refractivity contribution in [3.8, 4) is 0 Å². The third-order valence-electron chi connectivity index (χ3n) is 6.19. The second-order valence-electron chi connectivity index (χ2n) is 7.91. The minimum Gasteiger partial charge on any atom is -0.365 e. The summed E-state index contributed by atoms with van der Waals surface area (Å²) in [6.45, 7) is 3.34. The van der Waals surface area contributed by atoms with Crippen molar-refractivity contribution in [3.05, 3.63) is 53.0 Å². The molecule has 1 aliphatic carbocycles. The van der Waals surface area contributed by atoms with Crippen molar-refractivity contribution in [1.29, 1.82) is 0 Å². The highest BCUT2D eigenvalue weighted by molar-refractivity contribution is 5.82. The second-order valence-corrected chi connectivity index (χ2v) is 7.91. The first-order chi connectivity index (χ1) is 13.8. The number of aryl methyl sites for hydroxylation is 1. The molecule has 28 heavy (non-hydrogen) atoms. The van der Waals surface area contributed by atoms with Crippen LogP contribution in [0.1, 0.15) is 35.2 Å². The fraction of sp³-hybridized carbons (Fsp3) is 0.500. The van der Waals surface area contributed by atoms with E-state index >= 15 is 0 Å². The maximum atomic E-state index is 13.2. The molecule has 1 atom stereocenters. The Balaban J connectivity index is 1.32. The normalized spacial score (nSPS) is 21.8. The molecule has 3 heterocycles. The van der Waals surface area contributed by atoms with Gasteiger partial charge in [0, 0.05) is 30.9 Å². The lowest BCUT2D eigenvalue weighted by Gasteiger charge is -2.38. The van der Waals surface area contributed by atoms with E-state index in [0.29, 0.717) is 19.7 Å². The number of nitrogens with zero attached hydrogens (tertiary/aromatic N) is 4. The molecule has 0 N–H and O–H groups in total. The van der Waals surface area contributed by atoms with Crippen LogP contribution in [0.15, 0.2) is 30.6 Å². The quantitative estimate of drug-likeness (QED) is 0.801. The molecular formula is C22H26N4O2. The lowest BCUT2D eigenvalue weighted by molar-refractivity contribution is -0.145. The molecule has 1 aromatic carbocycles. The van der Waals surface area contributed by atoms with Crippen LogP contribution in [0.2, 0.25) is 0 Å². The fourth-order valence-corrected chi connectivity index (χ4v) is 4.65. The van der Waals surface area contributed by atoms with Gasteiger partial charge in [0.2, 0.25) is 0 Å². The van der Waals surface area contributed by atoms with Crippen molar-refractivity contribution < 1.29 is 9.53 Å². The number of hydrogen-bond donors (Lipinski definition) is 0. The number of amides is 1. The molecule has 0 saturated carbocycles. The largest absolute Gasteiger partial charge is 0.365 e. The van der Waals surface area contributed by atoms with E-state index in [1.54, 1.807) is 6.33 Å². The highest BCUT2D eigenvalue weighted by atomic mass is 16.5. The third kappa shape index (κ3) is 3.26. The number of carbonyl (C=O) groups is 1. The van der Waals surface area contributed by atoms with E-state index in [1.165, 1.54) is 35.2 Å². The monoisotopic (exact) mass is 378 g/mol. The van der Waals surface area contributed by atoms with E-state index < -0.39 is 6.10 Å². The molecule has 1 amide bonds. The van der Waals surface area contributed by atoms with Gasteiger partial charge in [0.25, 0.3) is 5.91 Å². The molecule has 0 bridgehead atoms. The number of anilines is 1. The lowest BCUT2D eigenvalue weighted by atomic mass is 9.96. The lowest BCUT2D eigenvalue weighted by Crippen LogP contribution is -2.52. The molecular weight excluding hydrogens is 352 g/mol. The second kappa shape index (κ2) is 7.51. The Kier molecular flexibility index (Phi) is 4.72. The number of fused-ring (bicyclic) bond motifs is 2. The number of aromatic nitrogens is 2. The van der Waals surface area contributed by atoms with Gasteiger partial charge in [-0.25, -0.2) is 9.97 Å². The molecule has 1 aromatic heterocycles. The molecule has 2 aliphatic heterocycles. The van der Waals surface area contributed by atoms with E-state index in [4.69, 9.17) is 4.74 Å². The van der Waals surface area contributed by atoms with Crippen molar-refractivity contribution in [2.45, 2.75) is 44.8 Å². The Morgan fingerprint density at radius 2 is 1.89 bits per heavy atom. The van der Waals surface area contributed by atoms with Gasteiger partial charge in [-0.2, -0.15) is 0 Å². The molecule has 1 saturated heterocycles. The van der Waals surface area contributed by atoms with E-state index in [1.807, 2.05) is 11.0 Å². The summed E-state index contributed by atoms with van der Waals surface area (Å²) in [4.78, 5) is 26.4. The Hall–Kier alpha value is -2.47. The number of benzene rings is 1. The smallest absolute Gasteiger partial charge is 0.253 e. The summed E-state index contributed by atoms with van der Waals surface area (Å²) in [5, 5.41) is 0. The Morgan fingerprint density at radius 1 is 1.04 bits per heavy atom. The first-order valence-corrected chi connectivity index (χ1v) is 10.3. The van der Waals surface area contributed by atoms with Crippen molar-refractivity contribution in [1.82, 2.24) is 14.9 Å². The number of morpholine rings is 1. The van der Waals surface area contributed by atoms with Crippen molar-refractivity contribution in [2.24, 2.45) is 0 Å². The van der Waals surface area contributed by atoms with Gasteiger partial charge in [-0.05, 0) is 43.2 Å². The molecule has 146 valence electrons. The predicted octanol–water partition coefficient (Wildman–Crippen LogP) is 2.15. The minimum atomic E-state index is -0.423. The summed E-state index contributed by atoms with van der Waals surface area (Å²) < 4.78 is 5.90. The molecule has 5 rings (SSSR count). The summed E-state index contributed by atoms with van der Waals surface area (Å²) in [5.74, 6) is 1.11. The summed E-state index contributed by atoms with van der Waals surface area (Å²) in [6.07, 6.45) is 6.62. The zero-order valence-electron chi connectivity index (χ0n) is 16.1. The maximum absolute atomic E-state index is 13.2.